The van der Waals surface area contributed by atoms with Crippen molar-refractivity contribution in [3.63, 3.8) is 0 Å². The molecule has 0 atom stereocenters. The molecule has 17 heavy (non-hydrogen) atoms. The molecule has 0 unspecified atom stereocenters. The minimum Gasteiger partial charge on any atom is -0.450 e. The monoisotopic (exact) mass is 228 g/mol. The summed E-state index contributed by atoms with van der Waals surface area (Å²) < 4.78 is 10.4. The van der Waals surface area contributed by atoms with Crippen LogP contribution in [-0.2, 0) is 14.3 Å². The van der Waals surface area contributed by atoms with E-state index in [-0.39, 0.29) is 5.97 Å². The molecule has 0 aromatic carbocycles. The zero-order chi connectivity index (χ0) is 11.8. The van der Waals surface area contributed by atoms with Crippen LogP contribution in [0.5, 0.6) is 0 Å². The summed E-state index contributed by atoms with van der Waals surface area (Å²) in [6.07, 6.45) is 11.1. The van der Waals surface area contributed by atoms with Crippen LogP contribution >= 0.6 is 0 Å². The van der Waals surface area contributed by atoms with Crippen LogP contribution in [0.15, 0.2) is 58.8 Å². The summed E-state index contributed by atoms with van der Waals surface area (Å²) in [7, 11) is 0. The third kappa shape index (κ3) is 1.96. The van der Waals surface area contributed by atoms with Crippen LogP contribution in [0.25, 0.3) is 0 Å². The van der Waals surface area contributed by atoms with Gasteiger partial charge in [0.05, 0.1) is 0 Å². The van der Waals surface area contributed by atoms with Crippen molar-refractivity contribution in [2.75, 3.05) is 0 Å². The Morgan fingerprint density at radius 3 is 2.94 bits per heavy atom. The Kier molecular flexibility index (Phi) is 2.25. The van der Waals surface area contributed by atoms with Crippen molar-refractivity contribution in [3.8, 4) is 0 Å². The molecule has 0 saturated carbocycles. The molecule has 3 heteroatoms. The molecule has 3 nitrogen and oxygen atoms in total. The number of fused-ring (bicyclic) bond motifs is 1. The van der Waals surface area contributed by atoms with E-state index in [9.17, 15) is 4.79 Å². The van der Waals surface area contributed by atoms with Gasteiger partial charge in [-0.1, -0.05) is 12.2 Å². The SMILES string of the molecule is C/C(=C\C1=C2OC2=CC1)C(=O)OC1=CC=CC1. The molecule has 1 aliphatic heterocycles. The van der Waals surface area contributed by atoms with E-state index in [1.165, 1.54) is 0 Å². The van der Waals surface area contributed by atoms with Crippen LogP contribution in [0.4, 0.5) is 0 Å². The maximum absolute atomic E-state index is 11.8. The minimum atomic E-state index is -0.290. The maximum Gasteiger partial charge on any atom is 0.338 e. The fraction of sp³-hybridized carbons (Fsp3) is 0.214. The molecule has 1 heterocycles. The second-order valence-corrected chi connectivity index (χ2v) is 4.21. The lowest BCUT2D eigenvalue weighted by Gasteiger charge is -2.04. The van der Waals surface area contributed by atoms with Gasteiger partial charge in [-0.25, -0.2) is 4.79 Å². The summed E-state index contributed by atoms with van der Waals surface area (Å²) in [5.41, 5.74) is 1.67. The van der Waals surface area contributed by atoms with Crippen LogP contribution in [0.3, 0.4) is 0 Å². The van der Waals surface area contributed by atoms with Gasteiger partial charge in [-0.2, -0.15) is 0 Å². The smallest absolute Gasteiger partial charge is 0.338 e. The van der Waals surface area contributed by atoms with E-state index >= 15 is 0 Å². The van der Waals surface area contributed by atoms with E-state index in [4.69, 9.17) is 9.47 Å². The average Bonchev–Trinajstić information content (AvgIpc) is 2.72. The van der Waals surface area contributed by atoms with Crippen LogP contribution in [-0.4, -0.2) is 5.97 Å². The molecule has 3 aliphatic rings. The first-order valence-electron chi connectivity index (χ1n) is 5.62. The Labute approximate surface area is 99.4 Å². The highest BCUT2D eigenvalue weighted by atomic mass is 16.6. The second kappa shape index (κ2) is 3.77. The van der Waals surface area contributed by atoms with Gasteiger partial charge >= 0.3 is 5.97 Å². The van der Waals surface area contributed by atoms with Gasteiger partial charge in [-0.3, -0.25) is 0 Å². The minimum absolute atomic E-state index is 0.290. The highest BCUT2D eigenvalue weighted by Crippen LogP contribution is 2.43. The molecule has 0 radical (unpaired) electrons. The third-order valence-electron chi connectivity index (χ3n) is 2.87. The van der Waals surface area contributed by atoms with Crippen molar-refractivity contribution in [2.24, 2.45) is 0 Å². The predicted octanol–water partition coefficient (Wildman–Crippen LogP) is 2.89. The molecule has 1 fully saturated rings. The van der Waals surface area contributed by atoms with E-state index in [1.807, 2.05) is 30.4 Å². The van der Waals surface area contributed by atoms with E-state index < -0.39 is 0 Å². The lowest BCUT2D eigenvalue weighted by atomic mass is 10.1. The number of ether oxygens (including phenoxy) is 2. The predicted molar refractivity (Wildman–Crippen MR) is 62.5 cm³/mol. The Bertz CT molecular complexity index is 542. The molecule has 1 saturated heterocycles. The van der Waals surface area contributed by atoms with Gasteiger partial charge in [0.1, 0.15) is 5.76 Å². The topological polar surface area (TPSA) is 38.8 Å². The van der Waals surface area contributed by atoms with Gasteiger partial charge in [0.15, 0.2) is 11.5 Å². The summed E-state index contributed by atoms with van der Waals surface area (Å²) in [5.74, 6) is 2.30. The van der Waals surface area contributed by atoms with E-state index in [0.29, 0.717) is 17.8 Å². The Morgan fingerprint density at radius 1 is 1.47 bits per heavy atom. The molecular weight excluding hydrogens is 216 g/mol. The summed E-state index contributed by atoms with van der Waals surface area (Å²) in [5, 5.41) is 0. The first-order chi connectivity index (χ1) is 8.24. The summed E-state index contributed by atoms with van der Waals surface area (Å²) in [6, 6.07) is 0. The standard InChI is InChI=1S/C14H12O3/c1-9(8-10-6-7-12-13(10)17-12)14(15)16-11-4-2-3-5-11/h2-4,7-8H,5-6H2,1H3/b9-8+. The average molecular weight is 228 g/mol. The van der Waals surface area contributed by atoms with Crippen LogP contribution in [0, 0.1) is 0 Å². The second-order valence-electron chi connectivity index (χ2n) is 4.21. The van der Waals surface area contributed by atoms with Gasteiger partial charge in [0.25, 0.3) is 0 Å². The largest absolute Gasteiger partial charge is 0.450 e. The van der Waals surface area contributed by atoms with Crippen LogP contribution in [0.2, 0.25) is 0 Å². The van der Waals surface area contributed by atoms with Gasteiger partial charge in [0.2, 0.25) is 0 Å². The Morgan fingerprint density at radius 2 is 2.35 bits per heavy atom. The Hall–Kier alpha value is -2.03. The van der Waals surface area contributed by atoms with Crippen molar-refractivity contribution < 1.29 is 14.3 Å². The van der Waals surface area contributed by atoms with E-state index in [2.05, 4.69) is 0 Å². The molecular formula is C14H12O3. The van der Waals surface area contributed by atoms with Gasteiger partial charge in [-0.05, 0) is 31.6 Å². The van der Waals surface area contributed by atoms with Crippen molar-refractivity contribution in [1.29, 1.82) is 0 Å². The molecule has 0 spiro atoms. The maximum atomic E-state index is 11.8. The first-order valence-corrected chi connectivity index (χ1v) is 5.62. The number of hydrogen-bond donors (Lipinski definition) is 0. The summed E-state index contributed by atoms with van der Waals surface area (Å²) in [6.45, 7) is 1.76. The number of carbonyl (C=O) groups excluding carboxylic acids is 1. The van der Waals surface area contributed by atoms with Gasteiger partial charge < -0.3 is 9.47 Å². The Balaban J connectivity index is 1.66. The zero-order valence-electron chi connectivity index (χ0n) is 9.53. The molecule has 0 aromatic rings. The quantitative estimate of drug-likeness (QED) is 0.423. The molecule has 3 rings (SSSR count). The molecule has 86 valence electrons. The van der Waals surface area contributed by atoms with E-state index in [0.717, 1.165) is 23.5 Å². The molecule has 0 amide bonds. The summed E-state index contributed by atoms with van der Waals surface area (Å²) >= 11 is 0. The fourth-order valence-corrected chi connectivity index (χ4v) is 1.89. The van der Waals surface area contributed by atoms with Gasteiger partial charge in [0, 0.05) is 17.6 Å². The number of rotatable bonds is 3. The number of esters is 1. The third-order valence-corrected chi connectivity index (χ3v) is 2.87. The first kappa shape index (κ1) is 10.1. The van der Waals surface area contributed by atoms with Crippen LogP contribution in [0.1, 0.15) is 19.8 Å². The number of epoxide rings is 1. The van der Waals surface area contributed by atoms with Gasteiger partial charge in [-0.15, -0.1) is 0 Å². The lowest BCUT2D eigenvalue weighted by molar-refractivity contribution is -0.135. The highest BCUT2D eigenvalue weighted by molar-refractivity contribution is 5.89. The molecule has 2 aliphatic carbocycles. The molecule has 0 N–H and O–H groups in total. The number of hydrogen-bond acceptors (Lipinski definition) is 3. The fourth-order valence-electron chi connectivity index (χ4n) is 1.89. The van der Waals surface area contributed by atoms with Crippen molar-refractivity contribution in [1.82, 2.24) is 0 Å². The zero-order valence-corrected chi connectivity index (χ0v) is 9.53. The normalized spacial score (nSPS) is 20.9. The van der Waals surface area contributed by atoms with Crippen LogP contribution < -0.4 is 0 Å². The highest BCUT2D eigenvalue weighted by Gasteiger charge is 2.32. The van der Waals surface area contributed by atoms with Crippen molar-refractivity contribution >= 4 is 5.97 Å². The van der Waals surface area contributed by atoms with E-state index in [1.54, 1.807) is 6.92 Å². The lowest BCUT2D eigenvalue weighted by Crippen LogP contribution is -2.05. The van der Waals surface area contributed by atoms with Crippen molar-refractivity contribution in [2.45, 2.75) is 19.8 Å². The molecule has 0 aromatic heterocycles. The number of carbonyl (C=O) groups is 1. The van der Waals surface area contributed by atoms with Crippen molar-refractivity contribution in [3.05, 3.63) is 58.8 Å². The number of allylic oxidation sites excluding steroid dienone is 6. The summed E-state index contributed by atoms with van der Waals surface area (Å²) in [4.78, 5) is 11.8. The molecule has 0 bridgehead atoms.